The van der Waals surface area contributed by atoms with Crippen LogP contribution in [0.1, 0.15) is 22.8 Å². The number of halogens is 3. The molecule has 1 atom stereocenters. The Kier molecular flexibility index (Phi) is 5.23. The van der Waals surface area contributed by atoms with Gasteiger partial charge in [0.2, 0.25) is 5.91 Å². The van der Waals surface area contributed by atoms with Crippen molar-refractivity contribution < 1.29 is 18.0 Å². The van der Waals surface area contributed by atoms with Gasteiger partial charge in [0.05, 0.1) is 16.3 Å². The highest BCUT2D eigenvalue weighted by atomic mass is 32.1. The topological polar surface area (TPSA) is 51.0 Å². The number of likely N-dealkylation sites (tertiary alicyclic amines) is 1. The summed E-state index contributed by atoms with van der Waals surface area (Å²) >= 11 is 0.670. The van der Waals surface area contributed by atoms with Crippen LogP contribution in [0.4, 0.5) is 13.2 Å². The Morgan fingerprint density at radius 3 is 2.67 bits per heavy atom. The average Bonchev–Trinajstić information content (AvgIpc) is 3.46. The largest absolute Gasteiger partial charge is 0.425 e. The smallest absolute Gasteiger partial charge is 0.339 e. The summed E-state index contributed by atoms with van der Waals surface area (Å²) in [7, 11) is 1.79. The minimum atomic E-state index is -4.38. The van der Waals surface area contributed by atoms with E-state index in [0.29, 0.717) is 46.4 Å². The first-order valence-electron chi connectivity index (χ1n) is 9.36. The van der Waals surface area contributed by atoms with Gasteiger partial charge >= 0.3 is 6.18 Å². The van der Waals surface area contributed by atoms with Crippen molar-refractivity contribution in [1.29, 1.82) is 0 Å². The second-order valence-corrected chi connectivity index (χ2v) is 8.23. The zero-order valence-corrected chi connectivity index (χ0v) is 17.0. The number of rotatable bonds is 4. The average molecular weight is 432 g/mol. The molecule has 1 unspecified atom stereocenters. The van der Waals surface area contributed by atoms with E-state index in [9.17, 15) is 18.0 Å². The Morgan fingerprint density at radius 1 is 1.23 bits per heavy atom. The third-order valence-corrected chi connectivity index (χ3v) is 6.29. The molecule has 1 aliphatic heterocycles. The van der Waals surface area contributed by atoms with Crippen molar-refractivity contribution in [3.05, 3.63) is 59.6 Å². The molecule has 5 nitrogen and oxygen atoms in total. The van der Waals surface area contributed by atoms with Gasteiger partial charge < -0.3 is 4.90 Å². The van der Waals surface area contributed by atoms with Crippen LogP contribution in [0.15, 0.2) is 49.2 Å². The van der Waals surface area contributed by atoms with Crippen molar-refractivity contribution in [3.63, 3.8) is 0 Å². The lowest BCUT2D eigenvalue weighted by Gasteiger charge is -2.17. The molecule has 0 radical (unpaired) electrons. The van der Waals surface area contributed by atoms with E-state index in [2.05, 4.69) is 11.7 Å². The molecule has 1 fully saturated rings. The van der Waals surface area contributed by atoms with Gasteiger partial charge in [-0.25, -0.2) is 4.98 Å². The van der Waals surface area contributed by atoms with E-state index in [1.165, 1.54) is 12.1 Å². The van der Waals surface area contributed by atoms with Crippen molar-refractivity contribution in [3.8, 4) is 22.0 Å². The Morgan fingerprint density at radius 2 is 2.03 bits per heavy atom. The Labute approximate surface area is 175 Å². The number of carbonyl (C=O) groups excluding carboxylic acids is 1. The van der Waals surface area contributed by atoms with Gasteiger partial charge in [-0.05, 0) is 42.3 Å². The van der Waals surface area contributed by atoms with Crippen LogP contribution in [0, 0.1) is 0 Å². The van der Waals surface area contributed by atoms with E-state index in [-0.39, 0.29) is 11.8 Å². The van der Waals surface area contributed by atoms with Crippen LogP contribution in [-0.2, 0) is 18.0 Å². The fraction of sp³-hybridized carbons (Fsp3) is 0.286. The summed E-state index contributed by atoms with van der Waals surface area (Å²) in [5.74, 6) is -0.0405. The number of aromatic nitrogens is 3. The van der Waals surface area contributed by atoms with Gasteiger partial charge in [0.1, 0.15) is 10.6 Å². The van der Waals surface area contributed by atoms with Crippen LogP contribution < -0.4 is 0 Å². The van der Waals surface area contributed by atoms with Gasteiger partial charge in [-0.15, -0.1) is 11.3 Å². The molecule has 0 aliphatic carbocycles. The lowest BCUT2D eigenvalue weighted by atomic mass is 9.95. The van der Waals surface area contributed by atoms with E-state index >= 15 is 0 Å². The normalized spacial score (nSPS) is 16.8. The summed E-state index contributed by atoms with van der Waals surface area (Å²) < 4.78 is 40.7. The summed E-state index contributed by atoms with van der Waals surface area (Å²) in [6.45, 7) is 4.71. The molecule has 3 aromatic heterocycles. The highest BCUT2D eigenvalue weighted by molar-refractivity contribution is 7.15. The van der Waals surface area contributed by atoms with Gasteiger partial charge in [0, 0.05) is 32.3 Å². The monoisotopic (exact) mass is 432 g/mol. The van der Waals surface area contributed by atoms with Crippen molar-refractivity contribution in [2.75, 3.05) is 13.1 Å². The van der Waals surface area contributed by atoms with E-state index < -0.39 is 11.1 Å². The summed E-state index contributed by atoms with van der Waals surface area (Å²) in [6, 6.07) is 7.98. The van der Waals surface area contributed by atoms with Crippen molar-refractivity contribution >= 4 is 17.2 Å². The van der Waals surface area contributed by atoms with E-state index in [1.54, 1.807) is 28.9 Å². The van der Waals surface area contributed by atoms with Crippen LogP contribution in [0.3, 0.4) is 0 Å². The molecule has 1 aliphatic rings. The van der Waals surface area contributed by atoms with E-state index in [0.717, 1.165) is 18.1 Å². The number of thiophene rings is 1. The van der Waals surface area contributed by atoms with E-state index in [4.69, 9.17) is 4.98 Å². The fourth-order valence-electron chi connectivity index (χ4n) is 3.65. The molecule has 0 spiro atoms. The maximum Gasteiger partial charge on any atom is 0.425 e. The van der Waals surface area contributed by atoms with Gasteiger partial charge in [0.15, 0.2) is 0 Å². The lowest BCUT2D eigenvalue weighted by molar-refractivity contribution is -0.134. The van der Waals surface area contributed by atoms with Crippen LogP contribution >= 0.6 is 11.3 Å². The van der Waals surface area contributed by atoms with Crippen molar-refractivity contribution in [2.24, 2.45) is 7.05 Å². The van der Waals surface area contributed by atoms with Gasteiger partial charge in [-0.1, -0.05) is 12.6 Å². The molecular weight excluding hydrogens is 413 g/mol. The number of pyridine rings is 1. The second kappa shape index (κ2) is 7.71. The summed E-state index contributed by atoms with van der Waals surface area (Å²) in [5, 5.41) is 4.44. The molecule has 1 saturated heterocycles. The summed E-state index contributed by atoms with van der Waals surface area (Å²) in [5.41, 5.74) is 2.68. The number of hydrogen-bond acceptors (Lipinski definition) is 4. The van der Waals surface area contributed by atoms with E-state index in [1.807, 2.05) is 12.1 Å². The zero-order valence-electron chi connectivity index (χ0n) is 16.2. The van der Waals surface area contributed by atoms with Gasteiger partial charge in [-0.3, -0.25) is 9.48 Å². The Hall–Kier alpha value is -2.94. The zero-order chi connectivity index (χ0) is 21.5. The molecule has 3 aromatic rings. The van der Waals surface area contributed by atoms with Crippen LogP contribution in [-0.4, -0.2) is 38.7 Å². The fourth-order valence-corrected chi connectivity index (χ4v) is 4.50. The Balaban J connectivity index is 1.74. The number of aryl methyl sites for hydroxylation is 1. The predicted octanol–water partition coefficient (Wildman–Crippen LogP) is 4.73. The second-order valence-electron chi connectivity index (χ2n) is 7.14. The van der Waals surface area contributed by atoms with Crippen molar-refractivity contribution in [1.82, 2.24) is 19.7 Å². The molecule has 0 saturated carbocycles. The summed E-state index contributed by atoms with van der Waals surface area (Å²) in [6.07, 6.45) is -0.504. The molecule has 0 aromatic carbocycles. The van der Waals surface area contributed by atoms with Gasteiger partial charge in [-0.2, -0.15) is 18.3 Å². The third kappa shape index (κ3) is 3.89. The van der Waals surface area contributed by atoms with Crippen LogP contribution in [0.5, 0.6) is 0 Å². The Bertz CT molecular complexity index is 1100. The molecule has 156 valence electrons. The molecule has 4 heterocycles. The first-order chi connectivity index (χ1) is 14.3. The molecular formula is C21H19F3N4OS. The maximum absolute atomic E-state index is 13.0. The van der Waals surface area contributed by atoms with Gasteiger partial charge in [0.25, 0.3) is 0 Å². The number of amides is 1. The molecule has 4 rings (SSSR count). The minimum absolute atomic E-state index is 0.0709. The predicted molar refractivity (Wildman–Crippen MR) is 109 cm³/mol. The molecule has 0 N–H and O–H groups in total. The lowest BCUT2D eigenvalue weighted by Crippen LogP contribution is -2.26. The maximum atomic E-state index is 13.0. The van der Waals surface area contributed by atoms with Crippen LogP contribution in [0.2, 0.25) is 0 Å². The molecule has 0 bridgehead atoms. The standard InChI is InChI=1S/C21H19F3N4OS/c1-3-19(29)28-11-8-13(12-28)14-4-5-15(17-6-7-18(30-17)21(22,23)24)25-20(14)16-9-10-27(2)26-16/h3-7,9-10,13H,1,8,11-12H2,2H3. The molecule has 30 heavy (non-hydrogen) atoms. The number of alkyl halides is 3. The molecule has 1 amide bonds. The highest BCUT2D eigenvalue weighted by Crippen LogP contribution is 2.40. The number of nitrogens with zero attached hydrogens (tertiary/aromatic N) is 4. The molecule has 9 heteroatoms. The first kappa shape index (κ1) is 20.3. The first-order valence-corrected chi connectivity index (χ1v) is 10.2. The quantitative estimate of drug-likeness (QED) is 0.560. The number of carbonyl (C=O) groups is 1. The third-order valence-electron chi connectivity index (χ3n) is 5.13. The highest BCUT2D eigenvalue weighted by Gasteiger charge is 2.33. The summed E-state index contributed by atoms with van der Waals surface area (Å²) in [4.78, 5) is 18.2. The van der Waals surface area contributed by atoms with Crippen molar-refractivity contribution in [2.45, 2.75) is 18.5 Å². The SMILES string of the molecule is C=CC(=O)N1CCC(c2ccc(-c3ccc(C(F)(F)F)s3)nc2-c2ccn(C)n2)C1. The van der Waals surface area contributed by atoms with Crippen LogP contribution in [0.25, 0.3) is 22.0 Å². The number of hydrogen-bond donors (Lipinski definition) is 0. The minimum Gasteiger partial charge on any atom is -0.339 e.